The van der Waals surface area contributed by atoms with Crippen LogP contribution < -0.4 is 10.1 Å². The van der Waals surface area contributed by atoms with Crippen LogP contribution in [0, 0.1) is 13.8 Å². The smallest absolute Gasteiger partial charge is 0.279 e. The van der Waals surface area contributed by atoms with Crippen molar-refractivity contribution in [2.75, 3.05) is 5.32 Å². The minimum Gasteiger partial charge on any atom is -0.489 e. The summed E-state index contributed by atoms with van der Waals surface area (Å²) in [4.78, 5) is 12.8. The second-order valence-electron chi connectivity index (χ2n) is 7.08. The van der Waals surface area contributed by atoms with E-state index in [9.17, 15) is 4.79 Å². The molecule has 2 aromatic heterocycles. The first kappa shape index (κ1) is 20.7. The number of ether oxygens (including phenoxy) is 1. The minimum absolute atomic E-state index is 0.125. The van der Waals surface area contributed by atoms with Crippen molar-refractivity contribution in [1.82, 2.24) is 14.9 Å². The SMILES string of the molecule is Cc1onc(C(=O)Nc2cc(C)n(Cc3ccccc3)n2)c1COc1cccc(Cl)c1. The molecule has 7 nitrogen and oxygen atoms in total. The van der Waals surface area contributed by atoms with E-state index in [4.69, 9.17) is 20.9 Å². The topological polar surface area (TPSA) is 82.2 Å². The first-order valence-electron chi connectivity index (χ1n) is 9.73. The zero-order valence-electron chi connectivity index (χ0n) is 17.1. The lowest BCUT2D eigenvalue weighted by molar-refractivity contribution is 0.101. The molecule has 4 rings (SSSR count). The number of hydrogen-bond donors (Lipinski definition) is 1. The summed E-state index contributed by atoms with van der Waals surface area (Å²) in [5.74, 6) is 1.14. The molecule has 0 aliphatic heterocycles. The molecule has 8 heteroatoms. The van der Waals surface area contributed by atoms with Crippen LogP contribution in [0.1, 0.15) is 33.1 Å². The maximum absolute atomic E-state index is 12.8. The molecule has 0 saturated carbocycles. The summed E-state index contributed by atoms with van der Waals surface area (Å²) in [6.07, 6.45) is 0. The summed E-state index contributed by atoms with van der Waals surface area (Å²) in [7, 11) is 0. The lowest BCUT2D eigenvalue weighted by Crippen LogP contribution is -2.16. The van der Waals surface area contributed by atoms with Crippen LogP contribution in [0.5, 0.6) is 5.75 Å². The van der Waals surface area contributed by atoms with E-state index in [-0.39, 0.29) is 12.3 Å². The Labute approximate surface area is 184 Å². The average Bonchev–Trinajstić information content (AvgIpc) is 3.29. The third-order valence-corrected chi connectivity index (χ3v) is 5.01. The van der Waals surface area contributed by atoms with Gasteiger partial charge in [-0.1, -0.05) is 53.2 Å². The molecule has 4 aromatic rings. The van der Waals surface area contributed by atoms with Crippen molar-refractivity contribution in [3.05, 3.63) is 94.0 Å². The van der Waals surface area contributed by atoms with Gasteiger partial charge in [0.05, 0.1) is 12.1 Å². The molecule has 0 atom stereocenters. The molecule has 0 aliphatic rings. The summed E-state index contributed by atoms with van der Waals surface area (Å²) < 4.78 is 12.8. The van der Waals surface area contributed by atoms with Gasteiger partial charge in [0.15, 0.2) is 11.5 Å². The molecule has 0 saturated heterocycles. The Hall–Kier alpha value is -3.58. The molecular weight excluding hydrogens is 416 g/mol. The fraction of sp³-hybridized carbons (Fsp3) is 0.174. The lowest BCUT2D eigenvalue weighted by atomic mass is 10.2. The standard InChI is InChI=1S/C23H21ClN4O3/c1-15-11-21(26-28(15)13-17-7-4-3-5-8-17)25-23(29)22-20(16(2)31-27-22)14-30-19-10-6-9-18(24)12-19/h3-12H,13-14H2,1-2H3,(H,25,26,29). The zero-order valence-corrected chi connectivity index (χ0v) is 17.9. The number of anilines is 1. The van der Waals surface area contributed by atoms with Crippen molar-refractivity contribution >= 4 is 23.3 Å². The third kappa shape index (κ3) is 4.95. The number of hydrogen-bond acceptors (Lipinski definition) is 5. The van der Waals surface area contributed by atoms with Gasteiger partial charge >= 0.3 is 0 Å². The highest BCUT2D eigenvalue weighted by molar-refractivity contribution is 6.30. The Kier molecular flexibility index (Phi) is 6.04. The van der Waals surface area contributed by atoms with E-state index in [2.05, 4.69) is 15.6 Å². The summed E-state index contributed by atoms with van der Waals surface area (Å²) >= 11 is 5.99. The highest BCUT2D eigenvalue weighted by Crippen LogP contribution is 2.21. The van der Waals surface area contributed by atoms with Crippen LogP contribution in [-0.4, -0.2) is 20.8 Å². The zero-order chi connectivity index (χ0) is 21.8. The molecule has 0 radical (unpaired) electrons. The molecule has 0 fully saturated rings. The molecule has 158 valence electrons. The Bertz CT molecular complexity index is 1200. The average molecular weight is 437 g/mol. The molecule has 31 heavy (non-hydrogen) atoms. The highest BCUT2D eigenvalue weighted by Gasteiger charge is 2.21. The molecule has 0 bridgehead atoms. The number of carbonyl (C=O) groups is 1. The van der Waals surface area contributed by atoms with Crippen molar-refractivity contribution < 1.29 is 14.1 Å². The van der Waals surface area contributed by atoms with Gasteiger partial charge in [-0.3, -0.25) is 9.48 Å². The summed E-state index contributed by atoms with van der Waals surface area (Å²) in [6.45, 7) is 4.42. The van der Waals surface area contributed by atoms with Gasteiger partial charge in [0.25, 0.3) is 5.91 Å². The Morgan fingerprint density at radius 2 is 1.94 bits per heavy atom. The Morgan fingerprint density at radius 1 is 1.13 bits per heavy atom. The number of aryl methyl sites for hydroxylation is 2. The number of benzene rings is 2. The predicted molar refractivity (Wildman–Crippen MR) is 117 cm³/mol. The second-order valence-corrected chi connectivity index (χ2v) is 7.52. The molecule has 0 spiro atoms. The van der Waals surface area contributed by atoms with E-state index >= 15 is 0 Å². The number of aromatic nitrogens is 3. The summed E-state index contributed by atoms with van der Waals surface area (Å²) in [6, 6.07) is 18.9. The van der Waals surface area contributed by atoms with Crippen molar-refractivity contribution in [1.29, 1.82) is 0 Å². The number of halogens is 1. The largest absolute Gasteiger partial charge is 0.489 e. The second kappa shape index (κ2) is 9.06. The van der Waals surface area contributed by atoms with Crippen LogP contribution >= 0.6 is 11.6 Å². The number of carbonyl (C=O) groups excluding carboxylic acids is 1. The van der Waals surface area contributed by atoms with Crippen molar-refractivity contribution in [2.24, 2.45) is 0 Å². The van der Waals surface area contributed by atoms with Gasteiger partial charge in [0.2, 0.25) is 0 Å². The van der Waals surface area contributed by atoms with E-state index < -0.39 is 5.91 Å². The van der Waals surface area contributed by atoms with Gasteiger partial charge < -0.3 is 14.6 Å². The van der Waals surface area contributed by atoms with E-state index in [0.717, 1.165) is 11.3 Å². The molecule has 2 heterocycles. The molecule has 0 unspecified atom stereocenters. The van der Waals surface area contributed by atoms with Crippen molar-refractivity contribution in [2.45, 2.75) is 27.0 Å². The molecule has 2 aromatic carbocycles. The first-order valence-corrected chi connectivity index (χ1v) is 10.1. The molecule has 1 amide bonds. The Balaban J connectivity index is 1.46. The monoisotopic (exact) mass is 436 g/mol. The summed E-state index contributed by atoms with van der Waals surface area (Å²) in [5, 5.41) is 11.8. The van der Waals surface area contributed by atoms with Gasteiger partial charge in [-0.2, -0.15) is 5.10 Å². The van der Waals surface area contributed by atoms with Crippen LogP contribution in [0.2, 0.25) is 5.02 Å². The maximum atomic E-state index is 12.8. The van der Waals surface area contributed by atoms with Crippen LogP contribution in [0.3, 0.4) is 0 Å². The predicted octanol–water partition coefficient (Wildman–Crippen LogP) is 5.02. The van der Waals surface area contributed by atoms with Crippen LogP contribution in [0.4, 0.5) is 5.82 Å². The van der Waals surface area contributed by atoms with E-state index in [1.54, 1.807) is 31.2 Å². The van der Waals surface area contributed by atoms with Crippen LogP contribution in [0.25, 0.3) is 0 Å². The first-order chi connectivity index (χ1) is 15.0. The van der Waals surface area contributed by atoms with Gasteiger partial charge in [-0.05, 0) is 37.6 Å². The number of amides is 1. The molecule has 0 aliphatic carbocycles. The minimum atomic E-state index is -0.411. The number of nitrogens with one attached hydrogen (secondary N) is 1. The normalized spacial score (nSPS) is 10.8. The van der Waals surface area contributed by atoms with Gasteiger partial charge in [0.1, 0.15) is 18.1 Å². The quantitative estimate of drug-likeness (QED) is 0.439. The van der Waals surface area contributed by atoms with E-state index in [0.29, 0.717) is 34.5 Å². The lowest BCUT2D eigenvalue weighted by Gasteiger charge is -2.07. The Morgan fingerprint density at radius 3 is 2.71 bits per heavy atom. The van der Waals surface area contributed by atoms with Gasteiger partial charge in [-0.15, -0.1) is 0 Å². The van der Waals surface area contributed by atoms with E-state index in [1.165, 1.54) is 0 Å². The third-order valence-electron chi connectivity index (χ3n) is 4.78. The van der Waals surface area contributed by atoms with Gasteiger partial charge in [-0.25, -0.2) is 0 Å². The fourth-order valence-electron chi connectivity index (χ4n) is 3.11. The summed E-state index contributed by atoms with van der Waals surface area (Å²) in [5.41, 5.74) is 2.78. The molecular formula is C23H21ClN4O3. The number of rotatable bonds is 7. The maximum Gasteiger partial charge on any atom is 0.279 e. The fourth-order valence-corrected chi connectivity index (χ4v) is 3.30. The molecule has 1 N–H and O–H groups in total. The van der Waals surface area contributed by atoms with Crippen molar-refractivity contribution in [3.8, 4) is 5.75 Å². The van der Waals surface area contributed by atoms with E-state index in [1.807, 2.05) is 48.0 Å². The van der Waals surface area contributed by atoms with Gasteiger partial charge in [0, 0.05) is 16.8 Å². The number of nitrogens with zero attached hydrogens (tertiary/aromatic N) is 3. The highest BCUT2D eigenvalue weighted by atomic mass is 35.5. The van der Waals surface area contributed by atoms with Crippen LogP contribution in [0.15, 0.2) is 65.2 Å². The van der Waals surface area contributed by atoms with Crippen molar-refractivity contribution in [3.63, 3.8) is 0 Å². The van der Waals surface area contributed by atoms with Crippen LogP contribution in [-0.2, 0) is 13.2 Å².